The van der Waals surface area contributed by atoms with Crippen molar-refractivity contribution in [3.05, 3.63) is 78.1 Å². The second kappa shape index (κ2) is 10.1. The van der Waals surface area contributed by atoms with E-state index in [-0.39, 0.29) is 17.8 Å². The summed E-state index contributed by atoms with van der Waals surface area (Å²) in [7, 11) is 0. The van der Waals surface area contributed by atoms with Gasteiger partial charge in [-0.15, -0.1) is 16.8 Å². The Kier molecular flexibility index (Phi) is 7.30. The number of carbonyl (C=O) groups excluding carboxylic acids is 1. The fraction of sp³-hybridized carbons (Fsp3) is 0.261. The lowest BCUT2D eigenvalue weighted by atomic mass is 10.1. The van der Waals surface area contributed by atoms with Crippen LogP contribution in [0.2, 0.25) is 0 Å². The molecule has 1 aromatic heterocycles. The van der Waals surface area contributed by atoms with Crippen molar-refractivity contribution in [3.8, 4) is 5.75 Å². The first-order valence-electron chi connectivity index (χ1n) is 9.73. The molecular formula is C23H26N4O2S. The van der Waals surface area contributed by atoms with E-state index in [1.54, 1.807) is 6.08 Å². The number of benzene rings is 2. The number of nitrogens with one attached hydrogen (secondary N) is 1. The van der Waals surface area contributed by atoms with Crippen molar-refractivity contribution in [1.29, 1.82) is 0 Å². The number of rotatable bonds is 9. The van der Waals surface area contributed by atoms with Gasteiger partial charge in [0.05, 0.1) is 5.75 Å². The van der Waals surface area contributed by atoms with E-state index in [0.717, 1.165) is 22.6 Å². The van der Waals surface area contributed by atoms with Gasteiger partial charge < -0.3 is 10.1 Å². The Labute approximate surface area is 181 Å². The summed E-state index contributed by atoms with van der Waals surface area (Å²) in [5.74, 6) is 1.60. The van der Waals surface area contributed by atoms with Gasteiger partial charge in [-0.05, 0) is 56.2 Å². The summed E-state index contributed by atoms with van der Waals surface area (Å²) >= 11 is 1.34. The Bertz CT molecular complexity index is 997. The van der Waals surface area contributed by atoms with Crippen LogP contribution < -0.4 is 10.1 Å². The number of aryl methyl sites for hydroxylation is 2. The van der Waals surface area contributed by atoms with E-state index in [1.807, 2.05) is 67.8 Å². The average molecular weight is 423 g/mol. The Morgan fingerprint density at radius 2 is 1.90 bits per heavy atom. The molecule has 0 radical (unpaired) electrons. The number of para-hydroxylation sites is 1. The fourth-order valence-corrected chi connectivity index (χ4v) is 3.89. The van der Waals surface area contributed by atoms with Gasteiger partial charge in [-0.2, -0.15) is 0 Å². The van der Waals surface area contributed by atoms with Gasteiger partial charge in [0.15, 0.2) is 17.1 Å². The number of aromatic nitrogens is 3. The molecule has 0 aliphatic heterocycles. The number of ether oxygens (including phenoxy) is 1. The lowest BCUT2D eigenvalue weighted by molar-refractivity contribution is -0.113. The van der Waals surface area contributed by atoms with Crippen LogP contribution in [-0.4, -0.2) is 26.4 Å². The minimum absolute atomic E-state index is 0.0895. The van der Waals surface area contributed by atoms with Crippen LogP contribution in [0.25, 0.3) is 0 Å². The molecule has 1 unspecified atom stereocenters. The number of hydrogen-bond acceptors (Lipinski definition) is 5. The minimum Gasteiger partial charge on any atom is -0.483 e. The van der Waals surface area contributed by atoms with Gasteiger partial charge in [-0.25, -0.2) is 0 Å². The monoisotopic (exact) mass is 422 g/mol. The topological polar surface area (TPSA) is 69.0 Å². The molecule has 3 rings (SSSR count). The molecule has 0 saturated heterocycles. The number of amides is 1. The van der Waals surface area contributed by atoms with Crippen LogP contribution in [0.4, 0.5) is 5.69 Å². The number of nitrogens with zero attached hydrogens (tertiary/aromatic N) is 3. The molecule has 2 aromatic carbocycles. The van der Waals surface area contributed by atoms with Crippen LogP contribution >= 0.6 is 11.8 Å². The molecule has 0 aliphatic carbocycles. The number of allylic oxidation sites excluding steroid dienone is 1. The Hall–Kier alpha value is -3.06. The molecule has 6 nitrogen and oxygen atoms in total. The zero-order valence-electron chi connectivity index (χ0n) is 17.5. The Morgan fingerprint density at radius 1 is 1.20 bits per heavy atom. The van der Waals surface area contributed by atoms with Gasteiger partial charge in [-0.1, -0.05) is 42.1 Å². The molecule has 1 atom stereocenters. The van der Waals surface area contributed by atoms with Crippen molar-refractivity contribution in [2.75, 3.05) is 11.1 Å². The van der Waals surface area contributed by atoms with Crippen molar-refractivity contribution in [3.63, 3.8) is 0 Å². The van der Waals surface area contributed by atoms with Crippen LogP contribution in [0.3, 0.4) is 0 Å². The molecule has 1 amide bonds. The normalized spacial score (nSPS) is 11.7. The summed E-state index contributed by atoms with van der Waals surface area (Å²) in [5.41, 5.74) is 3.03. The molecule has 0 fully saturated rings. The van der Waals surface area contributed by atoms with Crippen molar-refractivity contribution in [1.82, 2.24) is 14.8 Å². The summed E-state index contributed by atoms with van der Waals surface area (Å²) < 4.78 is 7.91. The molecule has 0 spiro atoms. The van der Waals surface area contributed by atoms with E-state index in [2.05, 4.69) is 28.2 Å². The van der Waals surface area contributed by atoms with E-state index in [4.69, 9.17) is 4.74 Å². The molecule has 3 aromatic rings. The molecule has 0 saturated carbocycles. The summed E-state index contributed by atoms with van der Waals surface area (Å²) in [5, 5.41) is 12.2. The maximum Gasteiger partial charge on any atom is 0.234 e. The van der Waals surface area contributed by atoms with Gasteiger partial charge in [0.2, 0.25) is 5.91 Å². The molecule has 1 N–H and O–H groups in total. The predicted molar refractivity (Wildman–Crippen MR) is 121 cm³/mol. The van der Waals surface area contributed by atoms with Gasteiger partial charge in [0, 0.05) is 12.2 Å². The smallest absolute Gasteiger partial charge is 0.234 e. The predicted octanol–water partition coefficient (Wildman–Crippen LogP) is 4.95. The summed E-state index contributed by atoms with van der Waals surface area (Å²) in [6.07, 6.45) is 1.49. The Morgan fingerprint density at radius 3 is 2.57 bits per heavy atom. The van der Waals surface area contributed by atoms with Crippen LogP contribution in [0.1, 0.15) is 30.0 Å². The van der Waals surface area contributed by atoms with Gasteiger partial charge in [0.1, 0.15) is 5.75 Å². The highest BCUT2D eigenvalue weighted by atomic mass is 32.2. The largest absolute Gasteiger partial charge is 0.483 e. The molecule has 7 heteroatoms. The SMILES string of the molecule is C=CCn1c(SCC(=O)Nc2cc(C)cc(C)c2)nnc1C(C)Oc1ccccc1. The molecule has 0 aliphatic rings. The second-order valence-corrected chi connectivity index (χ2v) is 7.97. The number of anilines is 1. The van der Waals surface area contributed by atoms with Crippen LogP contribution in [0.15, 0.2) is 66.3 Å². The third-order valence-corrected chi connectivity index (χ3v) is 5.28. The van der Waals surface area contributed by atoms with Crippen molar-refractivity contribution in [2.45, 2.75) is 38.6 Å². The van der Waals surface area contributed by atoms with E-state index in [9.17, 15) is 4.79 Å². The maximum atomic E-state index is 12.4. The highest BCUT2D eigenvalue weighted by Crippen LogP contribution is 2.25. The summed E-state index contributed by atoms with van der Waals surface area (Å²) in [6.45, 7) is 10.3. The first kappa shape index (κ1) is 21.6. The van der Waals surface area contributed by atoms with Crippen molar-refractivity contribution in [2.24, 2.45) is 0 Å². The lowest BCUT2D eigenvalue weighted by Crippen LogP contribution is -2.15. The van der Waals surface area contributed by atoms with Crippen LogP contribution in [-0.2, 0) is 11.3 Å². The molecule has 156 valence electrons. The highest BCUT2D eigenvalue weighted by molar-refractivity contribution is 7.99. The zero-order valence-corrected chi connectivity index (χ0v) is 18.3. The summed E-state index contributed by atoms with van der Waals surface area (Å²) in [6, 6.07) is 15.6. The van der Waals surface area contributed by atoms with E-state index in [0.29, 0.717) is 17.5 Å². The molecule has 30 heavy (non-hydrogen) atoms. The minimum atomic E-state index is -0.293. The lowest BCUT2D eigenvalue weighted by Gasteiger charge is -2.15. The third-order valence-electron chi connectivity index (χ3n) is 4.31. The number of hydrogen-bond donors (Lipinski definition) is 1. The highest BCUT2D eigenvalue weighted by Gasteiger charge is 2.19. The first-order chi connectivity index (χ1) is 14.5. The third kappa shape index (κ3) is 5.73. The standard InChI is InChI=1S/C23H26N4O2S/c1-5-11-27-22(18(4)29-20-9-7-6-8-10-20)25-26-23(27)30-15-21(28)24-19-13-16(2)12-17(3)14-19/h5-10,12-14,18H,1,11,15H2,2-4H3,(H,24,28). The fourth-order valence-electron chi connectivity index (χ4n) is 3.14. The van der Waals surface area contributed by atoms with Gasteiger partial charge in [0.25, 0.3) is 0 Å². The number of carbonyl (C=O) groups is 1. The second-order valence-electron chi connectivity index (χ2n) is 7.03. The zero-order chi connectivity index (χ0) is 21.5. The van der Waals surface area contributed by atoms with Crippen LogP contribution in [0.5, 0.6) is 5.75 Å². The van der Waals surface area contributed by atoms with Crippen molar-refractivity contribution < 1.29 is 9.53 Å². The van der Waals surface area contributed by atoms with Crippen LogP contribution in [0, 0.1) is 13.8 Å². The van der Waals surface area contributed by atoms with E-state index >= 15 is 0 Å². The van der Waals surface area contributed by atoms with Gasteiger partial charge >= 0.3 is 0 Å². The van der Waals surface area contributed by atoms with E-state index < -0.39 is 0 Å². The summed E-state index contributed by atoms with van der Waals surface area (Å²) in [4.78, 5) is 12.4. The molecule has 0 bridgehead atoms. The maximum absolute atomic E-state index is 12.4. The quantitative estimate of drug-likeness (QED) is 0.390. The Balaban J connectivity index is 1.66. The van der Waals surface area contributed by atoms with Crippen molar-refractivity contribution >= 4 is 23.4 Å². The molecule has 1 heterocycles. The molecular weight excluding hydrogens is 396 g/mol. The number of thioether (sulfide) groups is 1. The van der Waals surface area contributed by atoms with Gasteiger partial charge in [-0.3, -0.25) is 9.36 Å². The average Bonchev–Trinajstić information content (AvgIpc) is 3.09. The van der Waals surface area contributed by atoms with E-state index in [1.165, 1.54) is 11.8 Å². The first-order valence-corrected chi connectivity index (χ1v) is 10.7.